The molecular weight excluding hydrogens is 286 g/mol. The van der Waals surface area contributed by atoms with Crippen LogP contribution in [-0.4, -0.2) is 24.1 Å². The van der Waals surface area contributed by atoms with E-state index in [4.69, 9.17) is 16.6 Å². The summed E-state index contributed by atoms with van der Waals surface area (Å²) >= 11 is 5.24. The molecule has 1 fully saturated rings. The molecule has 1 aliphatic heterocycles. The zero-order chi connectivity index (χ0) is 14.7. The highest BCUT2D eigenvalue weighted by Gasteiger charge is 2.18. The number of furan rings is 1. The SMILES string of the molecule is O=C(NCc1ccco1)c1cccc(N2CCNC2=S)c1. The molecule has 0 radical (unpaired) electrons. The van der Waals surface area contributed by atoms with E-state index < -0.39 is 0 Å². The Morgan fingerprint density at radius 3 is 3.00 bits per heavy atom. The molecule has 0 bridgehead atoms. The summed E-state index contributed by atoms with van der Waals surface area (Å²) < 4.78 is 5.19. The highest BCUT2D eigenvalue weighted by atomic mass is 32.1. The summed E-state index contributed by atoms with van der Waals surface area (Å²) in [7, 11) is 0. The van der Waals surface area contributed by atoms with E-state index in [1.54, 1.807) is 18.4 Å². The molecule has 1 amide bonds. The van der Waals surface area contributed by atoms with Gasteiger partial charge in [0.15, 0.2) is 5.11 Å². The molecule has 2 aromatic rings. The maximum atomic E-state index is 12.2. The van der Waals surface area contributed by atoms with E-state index in [2.05, 4.69) is 10.6 Å². The number of carbonyl (C=O) groups excluding carboxylic acids is 1. The fourth-order valence-corrected chi connectivity index (χ4v) is 2.51. The van der Waals surface area contributed by atoms with Gasteiger partial charge in [0.2, 0.25) is 0 Å². The molecule has 1 saturated heterocycles. The molecule has 0 aliphatic carbocycles. The molecular formula is C15H15N3O2S. The van der Waals surface area contributed by atoms with Gasteiger partial charge in [-0.15, -0.1) is 0 Å². The first kappa shape index (κ1) is 13.6. The molecule has 1 aromatic carbocycles. The van der Waals surface area contributed by atoms with Gasteiger partial charge in [0.25, 0.3) is 5.91 Å². The van der Waals surface area contributed by atoms with Crippen molar-refractivity contribution >= 4 is 28.9 Å². The lowest BCUT2D eigenvalue weighted by Crippen LogP contribution is -2.28. The number of nitrogens with one attached hydrogen (secondary N) is 2. The van der Waals surface area contributed by atoms with Gasteiger partial charge in [-0.1, -0.05) is 6.07 Å². The first-order chi connectivity index (χ1) is 10.2. The lowest BCUT2D eigenvalue weighted by molar-refractivity contribution is 0.0948. The highest BCUT2D eigenvalue weighted by molar-refractivity contribution is 7.80. The van der Waals surface area contributed by atoms with Crippen molar-refractivity contribution in [3.63, 3.8) is 0 Å². The summed E-state index contributed by atoms with van der Waals surface area (Å²) in [5.74, 6) is 0.593. The number of hydrogen-bond acceptors (Lipinski definition) is 3. The van der Waals surface area contributed by atoms with Crippen LogP contribution in [-0.2, 0) is 6.54 Å². The van der Waals surface area contributed by atoms with Gasteiger partial charge in [0.1, 0.15) is 5.76 Å². The predicted octanol–water partition coefficient (Wildman–Crippen LogP) is 1.90. The van der Waals surface area contributed by atoms with Crippen LogP contribution >= 0.6 is 12.2 Å². The van der Waals surface area contributed by atoms with Crippen LogP contribution in [0, 0.1) is 0 Å². The van der Waals surface area contributed by atoms with Gasteiger partial charge in [-0.3, -0.25) is 4.79 Å². The number of nitrogens with zero attached hydrogens (tertiary/aromatic N) is 1. The third-order valence-electron chi connectivity index (χ3n) is 3.28. The lowest BCUT2D eigenvalue weighted by atomic mass is 10.1. The number of benzene rings is 1. The summed E-state index contributed by atoms with van der Waals surface area (Å²) in [5.41, 5.74) is 1.53. The number of carbonyl (C=O) groups is 1. The van der Waals surface area contributed by atoms with Crippen molar-refractivity contribution in [1.82, 2.24) is 10.6 Å². The van der Waals surface area contributed by atoms with Crippen molar-refractivity contribution in [3.05, 3.63) is 54.0 Å². The van der Waals surface area contributed by atoms with Gasteiger partial charge >= 0.3 is 0 Å². The maximum absolute atomic E-state index is 12.2. The number of hydrogen-bond donors (Lipinski definition) is 2. The Kier molecular flexibility index (Phi) is 3.87. The molecule has 5 nitrogen and oxygen atoms in total. The third kappa shape index (κ3) is 3.05. The Hall–Kier alpha value is -2.34. The Morgan fingerprint density at radius 2 is 2.29 bits per heavy atom. The minimum Gasteiger partial charge on any atom is -0.467 e. The van der Waals surface area contributed by atoms with Gasteiger partial charge in [-0.05, 0) is 42.5 Å². The summed E-state index contributed by atoms with van der Waals surface area (Å²) in [6, 6.07) is 11.1. The largest absolute Gasteiger partial charge is 0.467 e. The molecule has 0 unspecified atom stereocenters. The van der Waals surface area contributed by atoms with E-state index >= 15 is 0 Å². The molecule has 6 heteroatoms. The monoisotopic (exact) mass is 301 g/mol. The molecule has 0 spiro atoms. The van der Waals surface area contributed by atoms with Crippen molar-refractivity contribution in [1.29, 1.82) is 0 Å². The summed E-state index contributed by atoms with van der Waals surface area (Å²) in [6.45, 7) is 2.02. The minimum atomic E-state index is -0.133. The van der Waals surface area contributed by atoms with Gasteiger partial charge in [-0.25, -0.2) is 0 Å². The van der Waals surface area contributed by atoms with Crippen LogP contribution in [0.4, 0.5) is 5.69 Å². The summed E-state index contributed by atoms with van der Waals surface area (Å²) in [5, 5.41) is 6.63. The average Bonchev–Trinajstić information content (AvgIpc) is 3.16. The minimum absolute atomic E-state index is 0.133. The molecule has 2 heterocycles. The predicted molar refractivity (Wildman–Crippen MR) is 84.3 cm³/mol. The van der Waals surface area contributed by atoms with E-state index in [9.17, 15) is 4.79 Å². The second-order valence-corrected chi connectivity index (χ2v) is 5.08. The maximum Gasteiger partial charge on any atom is 0.251 e. The van der Waals surface area contributed by atoms with Crippen molar-refractivity contribution in [3.8, 4) is 0 Å². The zero-order valence-electron chi connectivity index (χ0n) is 11.3. The zero-order valence-corrected chi connectivity index (χ0v) is 12.2. The fraction of sp³-hybridized carbons (Fsp3) is 0.200. The molecule has 1 aromatic heterocycles. The van der Waals surface area contributed by atoms with E-state index in [0.29, 0.717) is 17.2 Å². The first-order valence-corrected chi connectivity index (χ1v) is 7.11. The van der Waals surface area contributed by atoms with Gasteiger partial charge in [0.05, 0.1) is 12.8 Å². The average molecular weight is 301 g/mol. The number of rotatable bonds is 4. The van der Waals surface area contributed by atoms with Crippen molar-refractivity contribution in [2.45, 2.75) is 6.54 Å². The molecule has 0 atom stereocenters. The van der Waals surface area contributed by atoms with Crippen molar-refractivity contribution < 1.29 is 9.21 Å². The van der Waals surface area contributed by atoms with Crippen molar-refractivity contribution in [2.24, 2.45) is 0 Å². The Balaban J connectivity index is 1.70. The summed E-state index contributed by atoms with van der Waals surface area (Å²) in [6.07, 6.45) is 1.59. The summed E-state index contributed by atoms with van der Waals surface area (Å²) in [4.78, 5) is 14.2. The molecule has 108 valence electrons. The molecule has 2 N–H and O–H groups in total. The topological polar surface area (TPSA) is 57.5 Å². The van der Waals surface area contributed by atoms with E-state index in [0.717, 1.165) is 24.5 Å². The molecule has 21 heavy (non-hydrogen) atoms. The van der Waals surface area contributed by atoms with E-state index in [1.807, 2.05) is 29.2 Å². The highest BCUT2D eigenvalue weighted by Crippen LogP contribution is 2.18. The van der Waals surface area contributed by atoms with Crippen LogP contribution in [0.1, 0.15) is 16.1 Å². The lowest BCUT2D eigenvalue weighted by Gasteiger charge is -2.17. The van der Waals surface area contributed by atoms with Crippen molar-refractivity contribution in [2.75, 3.05) is 18.0 Å². The molecule has 3 rings (SSSR count). The third-order valence-corrected chi connectivity index (χ3v) is 3.64. The Bertz CT molecular complexity index is 655. The van der Waals surface area contributed by atoms with Gasteiger partial charge in [0, 0.05) is 24.3 Å². The molecule has 0 saturated carbocycles. The second-order valence-electron chi connectivity index (χ2n) is 4.70. The molecule has 1 aliphatic rings. The van der Waals surface area contributed by atoms with Crippen LogP contribution < -0.4 is 15.5 Å². The standard InChI is InChI=1S/C15H15N3O2S/c19-14(17-10-13-5-2-8-20-13)11-3-1-4-12(9-11)18-7-6-16-15(18)21/h1-5,8-9H,6-7,10H2,(H,16,21)(H,17,19). The van der Waals surface area contributed by atoms with E-state index in [1.165, 1.54) is 0 Å². The number of anilines is 1. The van der Waals surface area contributed by atoms with Gasteiger partial charge in [-0.2, -0.15) is 0 Å². The normalized spacial score (nSPS) is 14.1. The first-order valence-electron chi connectivity index (χ1n) is 6.70. The Labute approximate surface area is 127 Å². The van der Waals surface area contributed by atoms with Crippen LogP contribution in [0.5, 0.6) is 0 Å². The smallest absolute Gasteiger partial charge is 0.251 e. The number of amides is 1. The van der Waals surface area contributed by atoms with Crippen LogP contribution in [0.25, 0.3) is 0 Å². The Morgan fingerprint density at radius 1 is 1.38 bits per heavy atom. The van der Waals surface area contributed by atoms with Crippen LogP contribution in [0.15, 0.2) is 47.1 Å². The number of thiocarbonyl (C=S) groups is 1. The van der Waals surface area contributed by atoms with Crippen LogP contribution in [0.2, 0.25) is 0 Å². The quantitative estimate of drug-likeness (QED) is 0.845. The van der Waals surface area contributed by atoms with Gasteiger partial charge < -0.3 is 20.0 Å². The second kappa shape index (κ2) is 5.97. The van der Waals surface area contributed by atoms with E-state index in [-0.39, 0.29) is 5.91 Å². The van der Waals surface area contributed by atoms with Crippen LogP contribution in [0.3, 0.4) is 0 Å². The fourth-order valence-electron chi connectivity index (χ4n) is 2.22.